The van der Waals surface area contributed by atoms with Crippen LogP contribution in [0.3, 0.4) is 0 Å². The molecule has 98 valence electrons. The minimum Gasteiger partial charge on any atom is -0.398 e. The Bertz CT molecular complexity index is 462. The largest absolute Gasteiger partial charge is 0.398 e. The fourth-order valence-electron chi connectivity index (χ4n) is 2.23. The van der Waals surface area contributed by atoms with Crippen LogP contribution in [0.1, 0.15) is 16.8 Å². The Kier molecular flexibility index (Phi) is 3.78. The van der Waals surface area contributed by atoms with Crippen LogP contribution in [-0.4, -0.2) is 48.9 Å². The van der Waals surface area contributed by atoms with E-state index in [-0.39, 0.29) is 5.91 Å². The van der Waals surface area contributed by atoms with Crippen LogP contribution in [0.2, 0.25) is 5.02 Å². The van der Waals surface area contributed by atoms with Crippen LogP contribution in [0.25, 0.3) is 0 Å². The van der Waals surface area contributed by atoms with E-state index in [1.54, 1.807) is 18.2 Å². The number of hydrogen-bond acceptors (Lipinski definition) is 3. The van der Waals surface area contributed by atoms with Gasteiger partial charge in [0.1, 0.15) is 0 Å². The summed E-state index contributed by atoms with van der Waals surface area (Å²) in [7, 11) is 4.07. The molecule has 1 aromatic rings. The molecule has 1 fully saturated rings. The minimum atomic E-state index is -0.0284. The Hall–Kier alpha value is -1.26. The van der Waals surface area contributed by atoms with E-state index in [1.807, 2.05) is 19.0 Å². The lowest BCUT2D eigenvalue weighted by Crippen LogP contribution is -2.34. The van der Waals surface area contributed by atoms with Gasteiger partial charge in [0.05, 0.1) is 5.56 Å². The Balaban J connectivity index is 2.15. The number of carbonyl (C=O) groups is 1. The lowest BCUT2D eigenvalue weighted by Gasteiger charge is -2.21. The monoisotopic (exact) mass is 267 g/mol. The lowest BCUT2D eigenvalue weighted by molar-refractivity contribution is 0.0784. The van der Waals surface area contributed by atoms with Crippen molar-refractivity contribution >= 4 is 23.2 Å². The second kappa shape index (κ2) is 5.16. The Morgan fingerprint density at radius 1 is 1.50 bits per heavy atom. The number of likely N-dealkylation sites (N-methyl/N-ethyl adjacent to an activating group) is 1. The highest BCUT2D eigenvalue weighted by molar-refractivity contribution is 6.31. The summed E-state index contributed by atoms with van der Waals surface area (Å²) in [5, 5.41) is 0.538. The zero-order valence-electron chi connectivity index (χ0n) is 10.7. The van der Waals surface area contributed by atoms with E-state index < -0.39 is 0 Å². The van der Waals surface area contributed by atoms with Crippen molar-refractivity contribution in [3.63, 3.8) is 0 Å². The molecule has 1 aliphatic rings. The lowest BCUT2D eigenvalue weighted by atomic mass is 10.1. The third kappa shape index (κ3) is 2.60. The maximum absolute atomic E-state index is 12.4. The zero-order chi connectivity index (χ0) is 13.3. The second-order valence-electron chi connectivity index (χ2n) is 4.89. The van der Waals surface area contributed by atoms with Crippen molar-refractivity contribution in [2.75, 3.05) is 32.9 Å². The molecule has 1 amide bonds. The van der Waals surface area contributed by atoms with E-state index in [4.69, 9.17) is 17.3 Å². The SMILES string of the molecule is CN(C)C1CCN(C(=O)c2cc(Cl)ccc2N)C1. The van der Waals surface area contributed by atoms with E-state index in [9.17, 15) is 4.79 Å². The first-order valence-corrected chi connectivity index (χ1v) is 6.37. The molecule has 0 radical (unpaired) electrons. The molecule has 0 aromatic heterocycles. The van der Waals surface area contributed by atoms with Crippen LogP contribution in [0, 0.1) is 0 Å². The Morgan fingerprint density at radius 3 is 2.83 bits per heavy atom. The number of rotatable bonds is 2. The quantitative estimate of drug-likeness (QED) is 0.830. The number of nitrogen functional groups attached to an aromatic ring is 1. The molecule has 4 nitrogen and oxygen atoms in total. The van der Waals surface area contributed by atoms with Crippen LogP contribution in [0.5, 0.6) is 0 Å². The van der Waals surface area contributed by atoms with Crippen molar-refractivity contribution in [1.29, 1.82) is 0 Å². The third-order valence-corrected chi connectivity index (χ3v) is 3.66. The van der Waals surface area contributed by atoms with Gasteiger partial charge in [0, 0.05) is 29.8 Å². The fourth-order valence-corrected chi connectivity index (χ4v) is 2.40. The van der Waals surface area contributed by atoms with Gasteiger partial charge < -0.3 is 15.5 Å². The standard InChI is InChI=1S/C13H18ClN3O/c1-16(2)10-5-6-17(8-10)13(18)11-7-9(14)3-4-12(11)15/h3-4,7,10H,5-6,8,15H2,1-2H3. The summed E-state index contributed by atoms with van der Waals surface area (Å²) >= 11 is 5.91. The van der Waals surface area contributed by atoms with Gasteiger partial charge in [0.2, 0.25) is 0 Å². The number of nitrogens with two attached hydrogens (primary N) is 1. The number of amides is 1. The van der Waals surface area contributed by atoms with Gasteiger partial charge in [0.25, 0.3) is 5.91 Å². The van der Waals surface area contributed by atoms with Crippen molar-refractivity contribution in [3.05, 3.63) is 28.8 Å². The highest BCUT2D eigenvalue weighted by atomic mass is 35.5. The normalized spacial score (nSPS) is 19.6. The molecular formula is C13H18ClN3O. The van der Waals surface area contributed by atoms with E-state index >= 15 is 0 Å². The van der Waals surface area contributed by atoms with Gasteiger partial charge in [-0.2, -0.15) is 0 Å². The molecule has 5 heteroatoms. The topological polar surface area (TPSA) is 49.6 Å². The summed E-state index contributed by atoms with van der Waals surface area (Å²) < 4.78 is 0. The van der Waals surface area contributed by atoms with Crippen molar-refractivity contribution in [3.8, 4) is 0 Å². The van der Waals surface area contributed by atoms with Gasteiger partial charge in [-0.15, -0.1) is 0 Å². The molecule has 1 atom stereocenters. The molecule has 1 aromatic carbocycles. The van der Waals surface area contributed by atoms with Crippen molar-refractivity contribution < 1.29 is 4.79 Å². The Labute approximate surface area is 112 Å². The van der Waals surface area contributed by atoms with Crippen molar-refractivity contribution in [2.24, 2.45) is 0 Å². The predicted molar refractivity (Wildman–Crippen MR) is 73.9 cm³/mol. The van der Waals surface area contributed by atoms with Gasteiger partial charge in [-0.1, -0.05) is 11.6 Å². The predicted octanol–water partition coefficient (Wildman–Crippen LogP) is 1.70. The maximum Gasteiger partial charge on any atom is 0.256 e. The maximum atomic E-state index is 12.4. The number of nitrogens with zero attached hydrogens (tertiary/aromatic N) is 2. The van der Waals surface area contributed by atoms with Gasteiger partial charge in [0.15, 0.2) is 0 Å². The van der Waals surface area contributed by atoms with Crippen LogP contribution in [0.4, 0.5) is 5.69 Å². The zero-order valence-corrected chi connectivity index (χ0v) is 11.4. The first kappa shape index (κ1) is 13.2. The molecule has 1 saturated heterocycles. The molecule has 0 spiro atoms. The molecule has 18 heavy (non-hydrogen) atoms. The number of carbonyl (C=O) groups excluding carboxylic acids is 1. The van der Waals surface area contributed by atoms with Crippen molar-refractivity contribution in [2.45, 2.75) is 12.5 Å². The molecule has 0 saturated carbocycles. The average Bonchev–Trinajstić information content (AvgIpc) is 2.81. The minimum absolute atomic E-state index is 0.0284. The smallest absolute Gasteiger partial charge is 0.256 e. The van der Waals surface area contributed by atoms with E-state index in [1.165, 1.54) is 0 Å². The molecule has 0 bridgehead atoms. The van der Waals surface area contributed by atoms with Crippen LogP contribution in [-0.2, 0) is 0 Å². The first-order valence-electron chi connectivity index (χ1n) is 6.00. The number of halogens is 1. The molecule has 1 aliphatic heterocycles. The summed E-state index contributed by atoms with van der Waals surface area (Å²) in [5.74, 6) is -0.0284. The van der Waals surface area contributed by atoms with Crippen LogP contribution >= 0.6 is 11.6 Å². The van der Waals surface area contributed by atoms with Gasteiger partial charge >= 0.3 is 0 Å². The molecule has 0 aliphatic carbocycles. The van der Waals surface area contributed by atoms with E-state index in [0.29, 0.717) is 22.3 Å². The van der Waals surface area contributed by atoms with Gasteiger partial charge in [-0.3, -0.25) is 4.79 Å². The van der Waals surface area contributed by atoms with E-state index in [0.717, 1.165) is 19.5 Å². The molecule has 2 N–H and O–H groups in total. The molecular weight excluding hydrogens is 250 g/mol. The average molecular weight is 268 g/mol. The van der Waals surface area contributed by atoms with Gasteiger partial charge in [-0.05, 0) is 38.7 Å². The number of likely N-dealkylation sites (tertiary alicyclic amines) is 1. The first-order chi connectivity index (χ1) is 8.49. The number of benzene rings is 1. The second-order valence-corrected chi connectivity index (χ2v) is 5.33. The molecule has 2 rings (SSSR count). The van der Waals surface area contributed by atoms with Gasteiger partial charge in [-0.25, -0.2) is 0 Å². The number of anilines is 1. The van der Waals surface area contributed by atoms with E-state index in [2.05, 4.69) is 4.90 Å². The number of hydrogen-bond donors (Lipinski definition) is 1. The summed E-state index contributed by atoms with van der Waals surface area (Å²) in [6.45, 7) is 1.52. The molecule has 1 unspecified atom stereocenters. The van der Waals surface area contributed by atoms with Crippen LogP contribution in [0.15, 0.2) is 18.2 Å². The van der Waals surface area contributed by atoms with Crippen molar-refractivity contribution in [1.82, 2.24) is 9.80 Å². The fraction of sp³-hybridized carbons (Fsp3) is 0.462. The van der Waals surface area contributed by atoms with Crippen LogP contribution < -0.4 is 5.73 Å². The highest BCUT2D eigenvalue weighted by Gasteiger charge is 2.28. The molecule has 1 heterocycles. The third-order valence-electron chi connectivity index (χ3n) is 3.43. The summed E-state index contributed by atoms with van der Waals surface area (Å²) in [4.78, 5) is 16.3. The Morgan fingerprint density at radius 2 is 2.22 bits per heavy atom. The summed E-state index contributed by atoms with van der Waals surface area (Å²) in [6.07, 6.45) is 0.999. The summed E-state index contributed by atoms with van der Waals surface area (Å²) in [5.41, 5.74) is 6.82. The summed E-state index contributed by atoms with van der Waals surface area (Å²) in [6, 6.07) is 5.44. The highest BCUT2D eigenvalue weighted by Crippen LogP contribution is 2.22.